The van der Waals surface area contributed by atoms with Crippen molar-refractivity contribution in [3.05, 3.63) is 59.7 Å². The van der Waals surface area contributed by atoms with Crippen LogP contribution in [-0.4, -0.2) is 25.0 Å². The van der Waals surface area contributed by atoms with Gasteiger partial charge < -0.3 is 15.4 Å². The normalized spacial score (nSPS) is 10.2. The van der Waals surface area contributed by atoms with Gasteiger partial charge in [0.15, 0.2) is 35.6 Å². The Bertz CT molecular complexity index is 799. The quantitative estimate of drug-likeness (QED) is 0.617. The number of benzene rings is 2. The molecule has 0 aliphatic carbocycles. The molecule has 25 heavy (non-hydrogen) atoms. The van der Waals surface area contributed by atoms with Gasteiger partial charge in [0.2, 0.25) is 5.91 Å². The molecule has 0 atom stereocenters. The average molecular weight is 356 g/mol. The van der Waals surface area contributed by atoms with Crippen molar-refractivity contribution in [2.75, 3.05) is 18.5 Å². The number of carbonyl (C=O) groups excluding carboxylic acids is 2. The topological polar surface area (TPSA) is 67.4 Å². The van der Waals surface area contributed by atoms with Crippen LogP contribution < -0.4 is 15.4 Å². The number of carbonyl (C=O) groups is 2. The Kier molecular flexibility index (Phi) is 5.93. The number of para-hydroxylation sites is 1. The summed E-state index contributed by atoms with van der Waals surface area (Å²) in [6.45, 7) is -1.12. The zero-order valence-electron chi connectivity index (χ0n) is 12.6. The number of ether oxygens (including phenoxy) is 1. The van der Waals surface area contributed by atoms with Crippen LogP contribution in [0.4, 0.5) is 23.2 Å². The molecule has 0 spiro atoms. The Morgan fingerprint density at radius 2 is 1.60 bits per heavy atom. The number of rotatable bonds is 6. The molecule has 0 fully saturated rings. The van der Waals surface area contributed by atoms with Crippen molar-refractivity contribution in [1.82, 2.24) is 5.32 Å². The third-order valence-electron chi connectivity index (χ3n) is 2.95. The number of nitrogens with one attached hydrogen (secondary N) is 2. The van der Waals surface area contributed by atoms with Crippen molar-refractivity contribution in [2.24, 2.45) is 0 Å². The first-order chi connectivity index (χ1) is 11.9. The zero-order valence-corrected chi connectivity index (χ0v) is 12.6. The Morgan fingerprint density at radius 3 is 2.32 bits per heavy atom. The number of hydrogen-bond donors (Lipinski definition) is 2. The minimum atomic E-state index is -1.72. The van der Waals surface area contributed by atoms with Gasteiger partial charge in [-0.1, -0.05) is 12.1 Å². The molecule has 0 aliphatic rings. The second-order valence-corrected chi connectivity index (χ2v) is 4.77. The van der Waals surface area contributed by atoms with Gasteiger partial charge in [0.25, 0.3) is 5.91 Å². The highest BCUT2D eigenvalue weighted by Gasteiger charge is 2.15. The maximum atomic E-state index is 13.4. The lowest BCUT2D eigenvalue weighted by Gasteiger charge is -2.09. The predicted octanol–water partition coefficient (Wildman–Crippen LogP) is 2.38. The van der Waals surface area contributed by atoms with E-state index in [1.54, 1.807) is 0 Å². The van der Waals surface area contributed by atoms with Gasteiger partial charge in [-0.3, -0.25) is 9.59 Å². The van der Waals surface area contributed by atoms with Gasteiger partial charge in [-0.15, -0.1) is 0 Å². The molecule has 2 rings (SSSR count). The molecule has 9 heteroatoms. The fraction of sp³-hybridized carbons (Fsp3) is 0.125. The van der Waals surface area contributed by atoms with Gasteiger partial charge >= 0.3 is 0 Å². The third kappa shape index (κ3) is 4.93. The van der Waals surface area contributed by atoms with E-state index in [0.29, 0.717) is 6.07 Å². The molecule has 0 saturated heterocycles. The van der Waals surface area contributed by atoms with E-state index in [-0.39, 0.29) is 5.75 Å². The maximum absolute atomic E-state index is 13.4. The second kappa shape index (κ2) is 8.13. The zero-order chi connectivity index (χ0) is 18.4. The van der Waals surface area contributed by atoms with Crippen molar-refractivity contribution in [1.29, 1.82) is 0 Å². The van der Waals surface area contributed by atoms with Crippen molar-refractivity contribution < 1.29 is 31.9 Å². The van der Waals surface area contributed by atoms with E-state index in [4.69, 9.17) is 4.74 Å². The average Bonchev–Trinajstić information content (AvgIpc) is 2.60. The first-order valence-electron chi connectivity index (χ1n) is 6.96. The maximum Gasteiger partial charge on any atom is 0.258 e. The highest BCUT2D eigenvalue weighted by molar-refractivity contribution is 5.94. The van der Waals surface area contributed by atoms with Crippen LogP contribution in [0.15, 0.2) is 36.4 Å². The lowest BCUT2D eigenvalue weighted by atomic mass is 10.2. The lowest BCUT2D eigenvalue weighted by Crippen LogP contribution is -2.36. The van der Waals surface area contributed by atoms with Crippen LogP contribution in [0.1, 0.15) is 0 Å². The fourth-order valence-electron chi connectivity index (χ4n) is 1.75. The molecule has 2 N–H and O–H groups in total. The fourth-order valence-corrected chi connectivity index (χ4v) is 1.75. The van der Waals surface area contributed by atoms with Crippen molar-refractivity contribution in [2.45, 2.75) is 0 Å². The van der Waals surface area contributed by atoms with E-state index in [0.717, 1.165) is 12.1 Å². The molecule has 0 radical (unpaired) electrons. The molecule has 5 nitrogen and oxygen atoms in total. The largest absolute Gasteiger partial charge is 0.481 e. The van der Waals surface area contributed by atoms with Crippen molar-refractivity contribution in [3.8, 4) is 5.75 Å². The number of halogens is 4. The second-order valence-electron chi connectivity index (χ2n) is 4.77. The Balaban J connectivity index is 1.81. The molecule has 0 saturated carbocycles. The summed E-state index contributed by atoms with van der Waals surface area (Å²) in [7, 11) is 0. The van der Waals surface area contributed by atoms with Gasteiger partial charge in [0, 0.05) is 0 Å². The van der Waals surface area contributed by atoms with Crippen LogP contribution in [0.5, 0.6) is 5.75 Å². The van der Waals surface area contributed by atoms with Gasteiger partial charge in [-0.2, -0.15) is 0 Å². The molecule has 132 valence electrons. The summed E-state index contributed by atoms with van der Waals surface area (Å²) < 4.78 is 57.4. The molecule has 2 amide bonds. The molecule has 2 aromatic rings. The molecule has 0 aromatic heterocycles. The summed E-state index contributed by atoms with van der Waals surface area (Å²) in [4.78, 5) is 23.1. The van der Waals surface area contributed by atoms with Crippen LogP contribution in [0.3, 0.4) is 0 Å². The van der Waals surface area contributed by atoms with Gasteiger partial charge in [-0.05, 0) is 24.3 Å². The molecule has 0 unspecified atom stereocenters. The molecule has 0 aliphatic heterocycles. The summed E-state index contributed by atoms with van der Waals surface area (Å²) in [5.74, 6) is -7.06. The standard InChI is InChI=1S/C16H12F4N2O3/c17-9-3-1-2-4-12(9)25-8-14(24)21-7-13(23)22-11-6-5-10(18)15(19)16(11)20/h1-6H,7-8H2,(H,21,24)(H,22,23). The van der Waals surface area contributed by atoms with Crippen LogP contribution >= 0.6 is 0 Å². The first kappa shape index (κ1) is 18.2. The summed E-state index contributed by atoms with van der Waals surface area (Å²) in [5.41, 5.74) is -0.569. The van der Waals surface area contributed by atoms with Crippen LogP contribution in [0, 0.1) is 23.3 Å². The van der Waals surface area contributed by atoms with E-state index in [1.807, 2.05) is 5.32 Å². The Hall–Kier alpha value is -3.10. The number of amides is 2. The van der Waals surface area contributed by atoms with Crippen molar-refractivity contribution in [3.63, 3.8) is 0 Å². The number of anilines is 1. The van der Waals surface area contributed by atoms with Crippen molar-refractivity contribution >= 4 is 17.5 Å². The van der Waals surface area contributed by atoms with Crippen LogP contribution in [0.25, 0.3) is 0 Å². The van der Waals surface area contributed by atoms with E-state index >= 15 is 0 Å². The summed E-state index contributed by atoms with van der Waals surface area (Å²) >= 11 is 0. The van der Waals surface area contributed by atoms with E-state index in [9.17, 15) is 27.2 Å². The summed E-state index contributed by atoms with van der Waals surface area (Å²) in [6.07, 6.45) is 0. The highest BCUT2D eigenvalue weighted by atomic mass is 19.2. The molecule has 2 aromatic carbocycles. The van der Waals surface area contributed by atoms with E-state index in [2.05, 4.69) is 5.32 Å². The molecule has 0 bridgehead atoms. The SMILES string of the molecule is O=C(COc1ccccc1F)NCC(=O)Nc1ccc(F)c(F)c1F. The molecular formula is C16H12F4N2O3. The smallest absolute Gasteiger partial charge is 0.258 e. The van der Waals surface area contributed by atoms with Gasteiger partial charge in [-0.25, -0.2) is 17.6 Å². The summed E-state index contributed by atoms with van der Waals surface area (Å²) in [5, 5.41) is 4.13. The third-order valence-corrected chi connectivity index (χ3v) is 2.95. The molecular weight excluding hydrogens is 344 g/mol. The highest BCUT2D eigenvalue weighted by Crippen LogP contribution is 2.19. The van der Waals surface area contributed by atoms with Crippen LogP contribution in [-0.2, 0) is 9.59 Å². The van der Waals surface area contributed by atoms with Gasteiger partial charge in [0.05, 0.1) is 12.2 Å². The summed E-state index contributed by atoms with van der Waals surface area (Å²) in [6, 6.07) is 6.92. The Morgan fingerprint density at radius 1 is 0.880 bits per heavy atom. The first-order valence-corrected chi connectivity index (χ1v) is 6.96. The minimum Gasteiger partial charge on any atom is -0.481 e. The van der Waals surface area contributed by atoms with Crippen LogP contribution in [0.2, 0.25) is 0 Å². The van der Waals surface area contributed by atoms with E-state index in [1.165, 1.54) is 18.2 Å². The predicted molar refractivity (Wildman–Crippen MR) is 79.9 cm³/mol. The monoisotopic (exact) mass is 356 g/mol. The van der Waals surface area contributed by atoms with Gasteiger partial charge in [0.1, 0.15) is 0 Å². The minimum absolute atomic E-state index is 0.133. The number of hydrogen-bond acceptors (Lipinski definition) is 3. The Labute approximate surface area is 139 Å². The van der Waals surface area contributed by atoms with E-state index < -0.39 is 53.9 Å². The lowest BCUT2D eigenvalue weighted by molar-refractivity contribution is -0.125. The molecule has 0 heterocycles.